The van der Waals surface area contributed by atoms with E-state index in [0.29, 0.717) is 23.9 Å². The molecule has 0 saturated heterocycles. The van der Waals surface area contributed by atoms with Crippen LogP contribution in [0.25, 0.3) is 0 Å². The van der Waals surface area contributed by atoms with Crippen LogP contribution in [0.15, 0.2) is 60.8 Å². The average Bonchev–Trinajstić information content (AvgIpc) is 3.12. The van der Waals surface area contributed by atoms with Gasteiger partial charge < -0.3 is 18.9 Å². The summed E-state index contributed by atoms with van der Waals surface area (Å²) in [5.41, 5.74) is 0. The summed E-state index contributed by atoms with van der Waals surface area (Å²) < 4.78 is 34.2. The Morgan fingerprint density at radius 3 is 1.63 bits per heavy atom. The van der Waals surface area contributed by atoms with Crippen molar-refractivity contribution in [1.82, 2.24) is 0 Å². The maximum atomic E-state index is 12.6. The third kappa shape index (κ3) is 39.4. The van der Waals surface area contributed by atoms with Crippen molar-refractivity contribution in [2.24, 2.45) is 0 Å². The van der Waals surface area contributed by atoms with Crippen LogP contribution in [-0.2, 0) is 32.7 Å². The lowest BCUT2D eigenvalue weighted by atomic mass is 10.1. The fourth-order valence-corrected chi connectivity index (χ4v) is 5.97. The third-order valence-corrected chi connectivity index (χ3v) is 9.52. The van der Waals surface area contributed by atoms with E-state index in [1.54, 1.807) is 0 Å². The van der Waals surface area contributed by atoms with Gasteiger partial charge in [0, 0.05) is 12.8 Å². The number of phosphoric ester groups is 1. The molecule has 0 aliphatic rings. The van der Waals surface area contributed by atoms with Crippen LogP contribution in [0, 0.1) is 0 Å². The Morgan fingerprint density at radius 2 is 1.06 bits per heavy atom. The van der Waals surface area contributed by atoms with Crippen molar-refractivity contribution >= 4 is 19.8 Å². The first-order valence-corrected chi connectivity index (χ1v) is 22.5. The first-order valence-electron chi connectivity index (χ1n) is 21.0. The van der Waals surface area contributed by atoms with E-state index in [1.165, 1.54) is 51.4 Å². The van der Waals surface area contributed by atoms with E-state index in [4.69, 9.17) is 18.5 Å². The first kappa shape index (κ1) is 51.7. The van der Waals surface area contributed by atoms with Crippen LogP contribution in [0.1, 0.15) is 155 Å². The minimum Gasteiger partial charge on any atom is -0.462 e. The molecule has 0 spiro atoms. The Labute approximate surface area is 330 Å². The molecule has 0 bridgehead atoms. The lowest BCUT2D eigenvalue weighted by molar-refractivity contribution is -0.870. The number of allylic oxidation sites excluding steroid dienone is 10. The summed E-state index contributed by atoms with van der Waals surface area (Å²) in [6.07, 6.45) is 42.7. The molecule has 0 amide bonds. The molecule has 0 heterocycles. The van der Waals surface area contributed by atoms with Crippen molar-refractivity contribution in [3.8, 4) is 0 Å². The van der Waals surface area contributed by atoms with Gasteiger partial charge in [0.05, 0.1) is 27.7 Å². The minimum atomic E-state index is -4.39. The number of phosphoric acid groups is 1. The topological polar surface area (TPSA) is 108 Å². The quantitative estimate of drug-likeness (QED) is 0.0218. The van der Waals surface area contributed by atoms with E-state index < -0.39 is 32.5 Å². The summed E-state index contributed by atoms with van der Waals surface area (Å²) in [4.78, 5) is 35.3. The SMILES string of the molecule is CC/C=C/C/C=C/C/C=C/C/C=C/CCCCC(=O)O[C@H](COC(=O)CCCCC/C=C/CCCCCCCCCC)COP(=O)(O)OCC[N+](C)(C)C. The number of hydrogen-bond acceptors (Lipinski definition) is 7. The van der Waals surface area contributed by atoms with E-state index in [0.717, 1.165) is 64.2 Å². The van der Waals surface area contributed by atoms with E-state index in [1.807, 2.05) is 21.1 Å². The highest BCUT2D eigenvalue weighted by Gasteiger charge is 2.27. The summed E-state index contributed by atoms with van der Waals surface area (Å²) in [6.45, 7) is 4.22. The molecule has 0 aliphatic carbocycles. The summed E-state index contributed by atoms with van der Waals surface area (Å²) in [5.74, 6) is -0.871. The largest absolute Gasteiger partial charge is 0.472 e. The second-order valence-electron chi connectivity index (χ2n) is 15.0. The highest BCUT2D eigenvalue weighted by molar-refractivity contribution is 7.47. The van der Waals surface area contributed by atoms with Crippen molar-refractivity contribution in [1.29, 1.82) is 0 Å². The van der Waals surface area contributed by atoms with Crippen molar-refractivity contribution < 1.29 is 42.1 Å². The molecule has 10 heteroatoms. The smallest absolute Gasteiger partial charge is 0.462 e. The van der Waals surface area contributed by atoms with Crippen LogP contribution in [0.2, 0.25) is 0 Å². The summed E-state index contributed by atoms with van der Waals surface area (Å²) in [7, 11) is 1.43. The van der Waals surface area contributed by atoms with Crippen molar-refractivity contribution in [3.05, 3.63) is 60.8 Å². The highest BCUT2D eigenvalue weighted by atomic mass is 31.2. The van der Waals surface area contributed by atoms with Gasteiger partial charge in [0.15, 0.2) is 6.10 Å². The second-order valence-corrected chi connectivity index (χ2v) is 16.4. The second kappa shape index (κ2) is 36.4. The molecule has 0 saturated carbocycles. The minimum absolute atomic E-state index is 0.0189. The van der Waals surface area contributed by atoms with Crippen molar-refractivity contribution in [2.45, 2.75) is 161 Å². The third-order valence-electron chi connectivity index (χ3n) is 8.53. The molecule has 1 unspecified atom stereocenters. The van der Waals surface area contributed by atoms with Gasteiger partial charge in [-0.05, 0) is 77.0 Å². The molecule has 312 valence electrons. The molecule has 2 atom stereocenters. The zero-order valence-corrected chi connectivity index (χ0v) is 35.8. The Bertz CT molecular complexity index is 1110. The number of carbonyl (C=O) groups is 2. The molecule has 1 N–H and O–H groups in total. The maximum absolute atomic E-state index is 12.6. The molecule has 0 aliphatic heterocycles. The van der Waals surface area contributed by atoms with Gasteiger partial charge in [-0.2, -0.15) is 0 Å². The summed E-state index contributed by atoms with van der Waals surface area (Å²) in [5, 5.41) is 0. The van der Waals surface area contributed by atoms with Crippen LogP contribution in [0.4, 0.5) is 0 Å². The molecule has 0 fully saturated rings. The Kier molecular flexibility index (Phi) is 34.8. The molecule has 0 rings (SSSR count). The Hall–Kier alpha value is -2.29. The summed E-state index contributed by atoms with van der Waals surface area (Å²) in [6, 6.07) is 0. The zero-order valence-electron chi connectivity index (χ0n) is 34.9. The molecular weight excluding hydrogens is 701 g/mol. The van der Waals surface area contributed by atoms with E-state index in [9.17, 15) is 19.0 Å². The van der Waals surface area contributed by atoms with Crippen molar-refractivity contribution in [2.75, 3.05) is 47.5 Å². The van der Waals surface area contributed by atoms with Gasteiger partial charge in [0.2, 0.25) is 0 Å². The van der Waals surface area contributed by atoms with Crippen LogP contribution in [0.5, 0.6) is 0 Å². The van der Waals surface area contributed by atoms with Gasteiger partial charge in [-0.1, -0.05) is 126 Å². The lowest BCUT2D eigenvalue weighted by Gasteiger charge is -2.24. The molecular formula is C44H79NO8P+. The van der Waals surface area contributed by atoms with E-state index in [-0.39, 0.29) is 26.1 Å². The molecule has 0 radical (unpaired) electrons. The number of ether oxygens (including phenoxy) is 2. The first-order chi connectivity index (χ1) is 26.0. The average molecular weight is 781 g/mol. The number of carbonyl (C=O) groups excluding carboxylic acids is 2. The number of esters is 2. The van der Waals surface area contributed by atoms with Crippen molar-refractivity contribution in [3.63, 3.8) is 0 Å². The number of likely N-dealkylation sites (N-methyl/N-ethyl adjacent to an activating group) is 1. The number of nitrogens with zero attached hydrogens (tertiary/aromatic N) is 1. The molecule has 9 nitrogen and oxygen atoms in total. The predicted molar refractivity (Wildman–Crippen MR) is 224 cm³/mol. The van der Waals surface area contributed by atoms with Gasteiger partial charge in [-0.25, -0.2) is 4.57 Å². The molecule has 0 aromatic heterocycles. The zero-order chi connectivity index (χ0) is 40.0. The van der Waals surface area contributed by atoms with Gasteiger partial charge in [-0.3, -0.25) is 18.6 Å². The highest BCUT2D eigenvalue weighted by Crippen LogP contribution is 2.43. The molecule has 54 heavy (non-hydrogen) atoms. The lowest BCUT2D eigenvalue weighted by Crippen LogP contribution is -2.37. The number of rotatable bonds is 37. The van der Waals surface area contributed by atoms with Gasteiger partial charge in [0.1, 0.15) is 19.8 Å². The predicted octanol–water partition coefficient (Wildman–Crippen LogP) is 11.7. The standard InChI is InChI=1S/C44H78NO8P/c1-6-8-10-12-14-16-18-20-22-24-26-28-30-32-34-36-43(46)50-40-42(41-52-54(48,49)51-39-38-45(3,4)5)53-44(47)37-35-33-31-29-27-25-23-21-19-17-15-13-11-9-7-2/h9,11,15,17,21,23-24,26-27,29,42H,6-8,10,12-14,16,18-20,22,25,28,30-41H2,1-5H3/p+1/b11-9+,17-15+,23-21+,26-24+,29-27+/t42-/m1/s1. The van der Waals surface area contributed by atoms with Crippen LogP contribution >= 0.6 is 7.82 Å². The molecule has 0 aromatic carbocycles. The van der Waals surface area contributed by atoms with E-state index in [2.05, 4.69) is 74.6 Å². The summed E-state index contributed by atoms with van der Waals surface area (Å²) >= 11 is 0. The monoisotopic (exact) mass is 781 g/mol. The van der Waals surface area contributed by atoms with E-state index >= 15 is 0 Å². The number of unbranched alkanes of at least 4 members (excludes halogenated alkanes) is 13. The Balaban J connectivity index is 4.49. The van der Waals surface area contributed by atoms with Crippen LogP contribution in [-0.4, -0.2) is 74.9 Å². The number of hydrogen-bond donors (Lipinski definition) is 1. The molecule has 0 aromatic rings. The number of quaternary nitrogens is 1. The van der Waals surface area contributed by atoms with Crippen LogP contribution in [0.3, 0.4) is 0 Å². The van der Waals surface area contributed by atoms with Gasteiger partial charge in [0.25, 0.3) is 0 Å². The Morgan fingerprint density at radius 1 is 0.593 bits per heavy atom. The van der Waals surface area contributed by atoms with Gasteiger partial charge in [-0.15, -0.1) is 0 Å². The fraction of sp³-hybridized carbons (Fsp3) is 0.727. The van der Waals surface area contributed by atoms with Gasteiger partial charge >= 0.3 is 19.8 Å². The fourth-order valence-electron chi connectivity index (χ4n) is 5.23. The normalized spacial score (nSPS) is 14.3. The van der Waals surface area contributed by atoms with Crippen LogP contribution < -0.4 is 0 Å². The maximum Gasteiger partial charge on any atom is 0.472 e.